The third-order valence-electron chi connectivity index (χ3n) is 3.87. The van der Waals surface area contributed by atoms with Crippen LogP contribution < -0.4 is 14.2 Å². The standard InChI is InChI=1S/C17H23NO5S2/c1-22-14-5-6-15(23-2)17(12-14)25(20,21)18-9-7-13(8-10-19)16-4-3-11-24-16/h3-6,11-13,18-19H,7-10H2,1-2H3. The van der Waals surface area contributed by atoms with Crippen molar-refractivity contribution in [3.63, 3.8) is 0 Å². The summed E-state index contributed by atoms with van der Waals surface area (Å²) >= 11 is 1.61. The van der Waals surface area contributed by atoms with E-state index in [1.54, 1.807) is 23.5 Å². The Kier molecular flexibility index (Phi) is 7.24. The lowest BCUT2D eigenvalue weighted by Gasteiger charge is -2.16. The number of rotatable bonds is 10. The van der Waals surface area contributed by atoms with Crippen LogP contribution in [0.2, 0.25) is 0 Å². The highest BCUT2D eigenvalue weighted by molar-refractivity contribution is 7.89. The van der Waals surface area contributed by atoms with Crippen LogP contribution in [-0.2, 0) is 10.0 Å². The first-order chi connectivity index (χ1) is 12.0. The average Bonchev–Trinajstić information content (AvgIpc) is 3.14. The molecule has 0 spiro atoms. The topological polar surface area (TPSA) is 84.9 Å². The number of thiophene rings is 1. The predicted molar refractivity (Wildman–Crippen MR) is 98.1 cm³/mol. The van der Waals surface area contributed by atoms with Gasteiger partial charge in [0.1, 0.15) is 16.4 Å². The molecule has 6 nitrogen and oxygen atoms in total. The van der Waals surface area contributed by atoms with Gasteiger partial charge in [0.25, 0.3) is 0 Å². The smallest absolute Gasteiger partial charge is 0.244 e. The Morgan fingerprint density at radius 3 is 2.60 bits per heavy atom. The fourth-order valence-electron chi connectivity index (χ4n) is 2.55. The fraction of sp³-hybridized carbons (Fsp3) is 0.412. The zero-order chi connectivity index (χ0) is 18.3. The van der Waals surface area contributed by atoms with E-state index in [-0.39, 0.29) is 29.7 Å². The fourth-order valence-corrected chi connectivity index (χ4v) is 4.68. The molecule has 0 bridgehead atoms. The molecule has 2 rings (SSSR count). The first kappa shape index (κ1) is 19.7. The lowest BCUT2D eigenvalue weighted by atomic mass is 10.0. The molecule has 1 unspecified atom stereocenters. The molecule has 1 aromatic heterocycles. The van der Waals surface area contributed by atoms with E-state index in [0.29, 0.717) is 18.6 Å². The first-order valence-corrected chi connectivity index (χ1v) is 10.2. The molecule has 138 valence electrons. The minimum absolute atomic E-state index is 0.0455. The Morgan fingerprint density at radius 1 is 1.20 bits per heavy atom. The lowest BCUT2D eigenvalue weighted by molar-refractivity contribution is 0.273. The van der Waals surface area contributed by atoms with Gasteiger partial charge in [-0.3, -0.25) is 0 Å². The molecule has 1 aromatic carbocycles. The van der Waals surface area contributed by atoms with Crippen molar-refractivity contribution >= 4 is 21.4 Å². The maximum absolute atomic E-state index is 12.6. The van der Waals surface area contributed by atoms with Gasteiger partial charge in [0.05, 0.1) is 14.2 Å². The van der Waals surface area contributed by atoms with Crippen molar-refractivity contribution in [2.75, 3.05) is 27.4 Å². The Bertz CT molecular complexity index is 759. The molecule has 25 heavy (non-hydrogen) atoms. The molecule has 0 aliphatic heterocycles. The van der Waals surface area contributed by atoms with E-state index in [4.69, 9.17) is 9.47 Å². The van der Waals surface area contributed by atoms with Crippen molar-refractivity contribution in [1.29, 1.82) is 0 Å². The summed E-state index contributed by atoms with van der Waals surface area (Å²) in [5, 5.41) is 11.2. The molecule has 2 aromatic rings. The number of methoxy groups -OCH3 is 2. The summed E-state index contributed by atoms with van der Waals surface area (Å²) in [6, 6.07) is 8.60. The highest BCUT2D eigenvalue weighted by atomic mass is 32.2. The predicted octanol–water partition coefficient (Wildman–Crippen LogP) is 2.60. The van der Waals surface area contributed by atoms with Gasteiger partial charge < -0.3 is 14.6 Å². The van der Waals surface area contributed by atoms with Crippen LogP contribution in [0.5, 0.6) is 11.5 Å². The normalized spacial score (nSPS) is 12.8. The van der Waals surface area contributed by atoms with E-state index in [9.17, 15) is 13.5 Å². The van der Waals surface area contributed by atoms with E-state index < -0.39 is 10.0 Å². The molecule has 1 heterocycles. The molecular weight excluding hydrogens is 362 g/mol. The second-order valence-electron chi connectivity index (χ2n) is 5.43. The summed E-state index contributed by atoms with van der Waals surface area (Å²) in [7, 11) is -0.825. The zero-order valence-corrected chi connectivity index (χ0v) is 15.9. The highest BCUT2D eigenvalue weighted by Gasteiger charge is 2.21. The van der Waals surface area contributed by atoms with Gasteiger partial charge in [-0.25, -0.2) is 13.1 Å². The Morgan fingerprint density at radius 2 is 2.00 bits per heavy atom. The minimum Gasteiger partial charge on any atom is -0.497 e. The molecule has 0 saturated carbocycles. The van der Waals surface area contributed by atoms with E-state index in [1.807, 2.05) is 17.5 Å². The molecule has 0 fully saturated rings. The Labute approximate surface area is 152 Å². The van der Waals surface area contributed by atoms with Gasteiger partial charge in [-0.15, -0.1) is 11.3 Å². The quantitative estimate of drug-likeness (QED) is 0.657. The van der Waals surface area contributed by atoms with Gasteiger partial charge in [-0.1, -0.05) is 6.07 Å². The van der Waals surface area contributed by atoms with Crippen molar-refractivity contribution in [1.82, 2.24) is 4.72 Å². The molecule has 2 N–H and O–H groups in total. The molecule has 8 heteroatoms. The lowest BCUT2D eigenvalue weighted by Crippen LogP contribution is -2.26. The van der Waals surface area contributed by atoms with Gasteiger partial charge in [0.2, 0.25) is 10.0 Å². The number of hydrogen-bond acceptors (Lipinski definition) is 6. The highest BCUT2D eigenvalue weighted by Crippen LogP contribution is 2.29. The average molecular weight is 386 g/mol. The summed E-state index contributed by atoms with van der Waals surface area (Å²) in [6.45, 7) is 0.338. The molecule has 0 aliphatic carbocycles. The molecule has 0 radical (unpaired) electrons. The Hall–Kier alpha value is -1.61. The van der Waals surface area contributed by atoms with Crippen molar-refractivity contribution < 1.29 is 23.0 Å². The Balaban J connectivity index is 2.08. The van der Waals surface area contributed by atoms with Crippen LogP contribution >= 0.6 is 11.3 Å². The van der Waals surface area contributed by atoms with Crippen LogP contribution in [0, 0.1) is 0 Å². The van der Waals surface area contributed by atoms with Gasteiger partial charge in [-0.05, 0) is 42.3 Å². The number of nitrogens with one attached hydrogen (secondary N) is 1. The second-order valence-corrected chi connectivity index (χ2v) is 8.14. The van der Waals surface area contributed by atoms with E-state index in [2.05, 4.69) is 4.72 Å². The van der Waals surface area contributed by atoms with Crippen LogP contribution in [0.3, 0.4) is 0 Å². The van der Waals surface area contributed by atoms with Gasteiger partial charge >= 0.3 is 0 Å². The van der Waals surface area contributed by atoms with Crippen LogP contribution in [0.4, 0.5) is 0 Å². The van der Waals surface area contributed by atoms with Crippen molar-refractivity contribution in [2.24, 2.45) is 0 Å². The molecule has 0 saturated heterocycles. The van der Waals surface area contributed by atoms with E-state index >= 15 is 0 Å². The summed E-state index contributed by atoms with van der Waals surface area (Å²) in [6.07, 6.45) is 1.21. The SMILES string of the molecule is COc1ccc(OC)c(S(=O)(=O)NCCC(CCO)c2cccs2)c1. The summed E-state index contributed by atoms with van der Waals surface area (Å²) in [5.41, 5.74) is 0. The molecular formula is C17H23NO5S2. The van der Waals surface area contributed by atoms with E-state index in [1.165, 1.54) is 20.3 Å². The monoisotopic (exact) mass is 385 g/mol. The third kappa shape index (κ3) is 5.18. The summed E-state index contributed by atoms with van der Waals surface area (Å²) in [5.74, 6) is 0.830. The van der Waals surface area contributed by atoms with Crippen LogP contribution in [0.1, 0.15) is 23.6 Å². The van der Waals surface area contributed by atoms with Crippen LogP contribution in [0.25, 0.3) is 0 Å². The number of sulfonamides is 1. The molecule has 1 atom stereocenters. The summed E-state index contributed by atoms with van der Waals surface area (Å²) in [4.78, 5) is 1.19. The number of benzene rings is 1. The largest absolute Gasteiger partial charge is 0.497 e. The second kappa shape index (κ2) is 9.19. The summed E-state index contributed by atoms with van der Waals surface area (Å²) < 4.78 is 38.1. The first-order valence-electron chi connectivity index (χ1n) is 7.87. The maximum atomic E-state index is 12.6. The maximum Gasteiger partial charge on any atom is 0.244 e. The van der Waals surface area contributed by atoms with Gasteiger partial charge in [-0.2, -0.15) is 0 Å². The van der Waals surface area contributed by atoms with Crippen molar-refractivity contribution in [3.05, 3.63) is 40.6 Å². The number of aliphatic hydroxyl groups excluding tert-OH is 1. The molecule has 0 amide bonds. The zero-order valence-electron chi connectivity index (χ0n) is 14.3. The van der Waals surface area contributed by atoms with Gasteiger partial charge in [0.15, 0.2) is 0 Å². The van der Waals surface area contributed by atoms with Crippen molar-refractivity contribution in [2.45, 2.75) is 23.7 Å². The third-order valence-corrected chi connectivity index (χ3v) is 6.39. The molecule has 0 aliphatic rings. The number of hydrogen-bond donors (Lipinski definition) is 2. The van der Waals surface area contributed by atoms with Gasteiger partial charge in [0, 0.05) is 24.1 Å². The van der Waals surface area contributed by atoms with Crippen LogP contribution in [-0.4, -0.2) is 40.9 Å². The minimum atomic E-state index is -3.73. The van der Waals surface area contributed by atoms with E-state index in [0.717, 1.165) is 4.88 Å². The van der Waals surface area contributed by atoms with Crippen molar-refractivity contribution in [3.8, 4) is 11.5 Å². The number of ether oxygens (including phenoxy) is 2. The van der Waals surface area contributed by atoms with Crippen LogP contribution in [0.15, 0.2) is 40.6 Å². The number of aliphatic hydroxyl groups is 1.